The van der Waals surface area contributed by atoms with E-state index < -0.39 is 0 Å². The van der Waals surface area contributed by atoms with Crippen molar-refractivity contribution >= 4 is 0 Å². The van der Waals surface area contributed by atoms with Crippen LogP contribution in [0.15, 0.2) is 18.2 Å². The molecule has 0 aliphatic carbocycles. The van der Waals surface area contributed by atoms with Crippen molar-refractivity contribution in [2.75, 3.05) is 6.61 Å². The quantitative estimate of drug-likeness (QED) is 0.727. The first-order valence-corrected chi connectivity index (χ1v) is 6.62. The lowest BCUT2D eigenvalue weighted by molar-refractivity contribution is 0.304. The van der Waals surface area contributed by atoms with E-state index in [0.29, 0.717) is 13.0 Å². The molecule has 0 saturated carbocycles. The fraction of sp³-hybridized carbons (Fsp3) is 0.562. The minimum atomic E-state index is 0.0791. The van der Waals surface area contributed by atoms with Crippen LogP contribution in [0.4, 0.5) is 0 Å². The molecule has 0 radical (unpaired) electrons. The molecular weight excluding hydrogens is 222 g/mol. The highest BCUT2D eigenvalue weighted by Gasteiger charge is 2.19. The van der Waals surface area contributed by atoms with Gasteiger partial charge in [0.1, 0.15) is 5.75 Å². The first-order valence-electron chi connectivity index (χ1n) is 6.62. The number of aryl methyl sites for hydroxylation is 1. The van der Waals surface area contributed by atoms with Gasteiger partial charge in [-0.25, -0.2) is 0 Å². The molecule has 0 spiro atoms. The van der Waals surface area contributed by atoms with Crippen LogP contribution in [0.1, 0.15) is 51.7 Å². The summed E-state index contributed by atoms with van der Waals surface area (Å²) in [6.45, 7) is 9.37. The molecule has 1 aromatic rings. The highest BCUT2D eigenvalue weighted by Crippen LogP contribution is 2.32. The van der Waals surface area contributed by atoms with Crippen molar-refractivity contribution < 1.29 is 4.74 Å². The zero-order valence-electron chi connectivity index (χ0n) is 11.9. The normalized spacial score (nSPS) is 11.1. The van der Waals surface area contributed by atoms with Crippen LogP contribution >= 0.6 is 0 Å². The second kappa shape index (κ2) is 6.44. The molecule has 2 heteroatoms. The van der Waals surface area contributed by atoms with Gasteiger partial charge in [0.05, 0.1) is 12.7 Å². The number of rotatable bonds is 5. The number of ether oxygens (including phenoxy) is 1. The van der Waals surface area contributed by atoms with Crippen molar-refractivity contribution in [3.63, 3.8) is 0 Å². The van der Waals surface area contributed by atoms with Crippen molar-refractivity contribution in [1.29, 1.82) is 5.26 Å². The van der Waals surface area contributed by atoms with Crippen molar-refractivity contribution in [1.82, 2.24) is 0 Å². The third-order valence-electron chi connectivity index (χ3n) is 2.95. The summed E-state index contributed by atoms with van der Waals surface area (Å²) in [5.41, 5.74) is 2.67. The van der Waals surface area contributed by atoms with Crippen LogP contribution in [0.2, 0.25) is 0 Å². The minimum Gasteiger partial charge on any atom is -0.493 e. The Balaban J connectivity index is 2.86. The van der Waals surface area contributed by atoms with Gasteiger partial charge in [-0.05, 0) is 35.4 Å². The van der Waals surface area contributed by atoms with E-state index in [4.69, 9.17) is 10.00 Å². The van der Waals surface area contributed by atoms with Gasteiger partial charge < -0.3 is 4.74 Å². The maximum absolute atomic E-state index is 8.51. The average Bonchev–Trinajstić information content (AvgIpc) is 2.33. The maximum Gasteiger partial charge on any atom is 0.123 e. The van der Waals surface area contributed by atoms with Crippen molar-refractivity contribution in [3.05, 3.63) is 29.3 Å². The summed E-state index contributed by atoms with van der Waals surface area (Å²) in [6.07, 6.45) is 2.38. The lowest BCUT2D eigenvalue weighted by Crippen LogP contribution is -2.14. The van der Waals surface area contributed by atoms with E-state index in [1.54, 1.807) is 0 Å². The molecule has 2 nitrogen and oxygen atoms in total. The largest absolute Gasteiger partial charge is 0.493 e. The predicted molar refractivity (Wildman–Crippen MR) is 74.9 cm³/mol. The fourth-order valence-electron chi connectivity index (χ4n) is 1.84. The van der Waals surface area contributed by atoms with Crippen LogP contribution in [0.5, 0.6) is 5.75 Å². The Morgan fingerprint density at radius 1 is 1.28 bits per heavy atom. The number of benzene rings is 1. The summed E-state index contributed by atoms with van der Waals surface area (Å²) in [5, 5.41) is 8.51. The number of hydrogen-bond donors (Lipinski definition) is 0. The topological polar surface area (TPSA) is 33.0 Å². The summed E-state index contributed by atoms with van der Waals surface area (Å²) in [4.78, 5) is 0. The van der Waals surface area contributed by atoms with Gasteiger partial charge in [-0.2, -0.15) is 5.26 Å². The molecule has 1 aromatic carbocycles. The molecular formula is C16H23NO. The lowest BCUT2D eigenvalue weighted by atomic mass is 9.85. The number of unbranched alkanes of at least 4 members (excludes halogenated alkanes) is 1. The van der Waals surface area contributed by atoms with Gasteiger partial charge in [-0.3, -0.25) is 0 Å². The van der Waals surface area contributed by atoms with E-state index >= 15 is 0 Å². The van der Waals surface area contributed by atoms with Gasteiger partial charge in [0.25, 0.3) is 0 Å². The van der Waals surface area contributed by atoms with Gasteiger partial charge in [-0.1, -0.05) is 39.8 Å². The fourth-order valence-corrected chi connectivity index (χ4v) is 1.84. The van der Waals surface area contributed by atoms with E-state index in [1.165, 1.54) is 11.1 Å². The zero-order valence-corrected chi connectivity index (χ0v) is 11.9. The van der Waals surface area contributed by atoms with Gasteiger partial charge in [0, 0.05) is 6.42 Å². The van der Waals surface area contributed by atoms with Gasteiger partial charge in [0.2, 0.25) is 0 Å². The van der Waals surface area contributed by atoms with E-state index in [2.05, 4.69) is 52.0 Å². The molecule has 0 fully saturated rings. The lowest BCUT2D eigenvalue weighted by Gasteiger charge is -2.23. The third-order valence-corrected chi connectivity index (χ3v) is 2.95. The van der Waals surface area contributed by atoms with E-state index in [0.717, 1.165) is 18.6 Å². The zero-order chi connectivity index (χ0) is 13.6. The third kappa shape index (κ3) is 4.07. The van der Waals surface area contributed by atoms with Gasteiger partial charge >= 0.3 is 0 Å². The Labute approximate surface area is 111 Å². The molecule has 0 aliphatic heterocycles. The Morgan fingerprint density at radius 3 is 2.56 bits per heavy atom. The van der Waals surface area contributed by atoms with Crippen molar-refractivity contribution in [2.45, 2.75) is 52.4 Å². The van der Waals surface area contributed by atoms with Crippen LogP contribution in [-0.2, 0) is 11.8 Å². The van der Waals surface area contributed by atoms with Crippen LogP contribution in [0.3, 0.4) is 0 Å². The van der Waals surface area contributed by atoms with Crippen LogP contribution in [0, 0.1) is 11.3 Å². The van der Waals surface area contributed by atoms with E-state index in [9.17, 15) is 0 Å². The van der Waals surface area contributed by atoms with E-state index in [1.807, 2.05) is 0 Å². The first-order chi connectivity index (χ1) is 8.49. The molecule has 18 heavy (non-hydrogen) atoms. The van der Waals surface area contributed by atoms with Crippen molar-refractivity contribution in [2.24, 2.45) is 0 Å². The summed E-state index contributed by atoms with van der Waals surface area (Å²) in [7, 11) is 0. The summed E-state index contributed by atoms with van der Waals surface area (Å²) in [5.74, 6) is 0.956. The van der Waals surface area contributed by atoms with Crippen molar-refractivity contribution in [3.8, 4) is 11.8 Å². The molecule has 0 unspecified atom stereocenters. The molecule has 0 N–H and O–H groups in total. The second-order valence-electron chi connectivity index (χ2n) is 5.54. The molecule has 0 aromatic heterocycles. The molecule has 0 heterocycles. The molecule has 0 atom stereocenters. The molecule has 0 saturated heterocycles. The summed E-state index contributed by atoms with van der Waals surface area (Å²) >= 11 is 0. The van der Waals surface area contributed by atoms with Gasteiger partial charge in [0.15, 0.2) is 0 Å². The van der Waals surface area contributed by atoms with Crippen LogP contribution < -0.4 is 4.74 Å². The molecule has 0 aliphatic rings. The highest BCUT2D eigenvalue weighted by atomic mass is 16.5. The molecule has 0 bridgehead atoms. The first kappa shape index (κ1) is 14.6. The summed E-state index contributed by atoms with van der Waals surface area (Å²) in [6, 6.07) is 8.55. The number of nitriles is 1. The second-order valence-corrected chi connectivity index (χ2v) is 5.54. The molecule has 98 valence electrons. The Bertz CT molecular complexity index is 424. The van der Waals surface area contributed by atoms with Crippen LogP contribution in [-0.4, -0.2) is 6.61 Å². The van der Waals surface area contributed by atoms with E-state index in [-0.39, 0.29) is 5.41 Å². The average molecular weight is 245 g/mol. The standard InChI is InChI=1S/C16H23NO/c1-5-13-8-9-15(18-11-7-6-10-17)14(12-13)16(2,3)4/h8-9,12H,5-7,11H2,1-4H3. The predicted octanol–water partition coefficient (Wildman–Crippen LogP) is 4.23. The SMILES string of the molecule is CCc1ccc(OCCCC#N)c(C(C)(C)C)c1. The van der Waals surface area contributed by atoms with Gasteiger partial charge in [-0.15, -0.1) is 0 Å². The Morgan fingerprint density at radius 2 is 2.00 bits per heavy atom. The maximum atomic E-state index is 8.51. The Hall–Kier alpha value is -1.49. The molecule has 0 amide bonds. The number of nitrogens with zero attached hydrogens (tertiary/aromatic N) is 1. The minimum absolute atomic E-state index is 0.0791. The molecule has 1 rings (SSSR count). The van der Waals surface area contributed by atoms with Crippen LogP contribution in [0.25, 0.3) is 0 Å². The summed E-state index contributed by atoms with van der Waals surface area (Å²) < 4.78 is 5.81. The number of hydrogen-bond acceptors (Lipinski definition) is 2. The monoisotopic (exact) mass is 245 g/mol. The Kier molecular flexibility index (Phi) is 5.22. The smallest absolute Gasteiger partial charge is 0.123 e. The highest BCUT2D eigenvalue weighted by molar-refractivity contribution is 5.41.